The highest BCUT2D eigenvalue weighted by Crippen LogP contribution is 2.34. The highest BCUT2D eigenvalue weighted by molar-refractivity contribution is 7.92. The Morgan fingerprint density at radius 2 is 1.89 bits per heavy atom. The molecule has 0 aromatic heterocycles. The van der Waals surface area contributed by atoms with E-state index < -0.39 is 22.0 Å². The molecule has 2 aromatic rings. The third-order valence-corrected chi connectivity index (χ3v) is 5.49. The number of hydrogen-bond donors (Lipinski definition) is 1. The third-order valence-electron chi connectivity index (χ3n) is 4.09. The number of methoxy groups -OCH3 is 1. The number of hydrogen-bond acceptors (Lipinski definition) is 4. The minimum absolute atomic E-state index is 0.139. The van der Waals surface area contributed by atoms with Crippen LogP contribution in [-0.2, 0) is 21.4 Å². The number of rotatable bonds is 8. The lowest BCUT2D eigenvalue weighted by Gasteiger charge is -2.31. The van der Waals surface area contributed by atoms with E-state index in [0.29, 0.717) is 10.6 Å². The van der Waals surface area contributed by atoms with Crippen molar-refractivity contribution in [3.8, 4) is 5.75 Å². The highest BCUT2D eigenvalue weighted by atomic mass is 35.5. The Hall–Kier alpha value is -2.32. The number of carbonyl (C=O) groups excluding carboxylic acids is 1. The van der Waals surface area contributed by atoms with Gasteiger partial charge in [0.25, 0.3) is 0 Å². The van der Waals surface area contributed by atoms with Crippen molar-refractivity contribution in [1.82, 2.24) is 5.32 Å². The van der Waals surface area contributed by atoms with Gasteiger partial charge in [-0.05, 0) is 42.3 Å². The molecule has 1 amide bonds. The zero-order valence-electron chi connectivity index (χ0n) is 15.8. The number of benzene rings is 2. The summed E-state index contributed by atoms with van der Waals surface area (Å²) in [4.78, 5) is 12.8. The van der Waals surface area contributed by atoms with Crippen LogP contribution in [0, 0.1) is 5.82 Å². The van der Waals surface area contributed by atoms with Crippen molar-refractivity contribution < 1.29 is 22.3 Å². The molecular weight excluding hydrogens is 407 g/mol. The fraction of sp³-hybridized carbons (Fsp3) is 0.316. The molecule has 0 heterocycles. The largest absolute Gasteiger partial charge is 0.495 e. The average molecular weight is 429 g/mol. The first kappa shape index (κ1) is 22.0. The molecule has 0 aliphatic rings. The van der Waals surface area contributed by atoms with Gasteiger partial charge in [-0.1, -0.05) is 30.7 Å². The fourth-order valence-corrected chi connectivity index (χ4v) is 4.15. The number of sulfonamides is 1. The molecular formula is C19H22ClFN2O4S. The number of anilines is 1. The van der Waals surface area contributed by atoms with Crippen LogP contribution < -0.4 is 14.4 Å². The zero-order valence-corrected chi connectivity index (χ0v) is 17.3. The summed E-state index contributed by atoms with van der Waals surface area (Å²) in [6, 6.07) is 9.21. The lowest BCUT2D eigenvalue weighted by Crippen LogP contribution is -2.49. The molecule has 1 atom stereocenters. The average Bonchev–Trinajstić information content (AvgIpc) is 2.64. The first-order chi connectivity index (χ1) is 13.2. The lowest BCUT2D eigenvalue weighted by atomic mass is 10.1. The SMILES string of the molecule is CCC(C(=O)NCc1ccc(F)cc1)N(c1cc(Cl)ccc1OC)S(C)(=O)=O. The second-order valence-electron chi connectivity index (χ2n) is 6.14. The quantitative estimate of drug-likeness (QED) is 0.699. The Morgan fingerprint density at radius 1 is 1.25 bits per heavy atom. The maximum absolute atomic E-state index is 13.0. The van der Waals surface area contributed by atoms with Crippen molar-refractivity contribution in [2.75, 3.05) is 17.7 Å². The van der Waals surface area contributed by atoms with E-state index >= 15 is 0 Å². The van der Waals surface area contributed by atoms with E-state index in [1.165, 1.54) is 25.3 Å². The predicted molar refractivity (Wildman–Crippen MR) is 108 cm³/mol. The van der Waals surface area contributed by atoms with Gasteiger partial charge in [-0.3, -0.25) is 9.10 Å². The molecule has 0 aliphatic heterocycles. The maximum Gasteiger partial charge on any atom is 0.244 e. The van der Waals surface area contributed by atoms with Crippen molar-refractivity contribution in [3.05, 3.63) is 58.9 Å². The Morgan fingerprint density at radius 3 is 2.43 bits per heavy atom. The normalized spacial score (nSPS) is 12.3. The van der Waals surface area contributed by atoms with E-state index in [2.05, 4.69) is 5.32 Å². The van der Waals surface area contributed by atoms with E-state index in [4.69, 9.17) is 16.3 Å². The summed E-state index contributed by atoms with van der Waals surface area (Å²) in [5, 5.41) is 3.01. The molecule has 28 heavy (non-hydrogen) atoms. The van der Waals surface area contributed by atoms with E-state index in [1.807, 2.05) is 0 Å². The summed E-state index contributed by atoms with van der Waals surface area (Å²) in [5.74, 6) is -0.586. The van der Waals surface area contributed by atoms with Gasteiger partial charge in [-0.2, -0.15) is 0 Å². The Kier molecular flexibility index (Phi) is 7.26. The molecule has 0 spiro atoms. The van der Waals surface area contributed by atoms with Crippen LogP contribution in [0.4, 0.5) is 10.1 Å². The smallest absolute Gasteiger partial charge is 0.244 e. The topological polar surface area (TPSA) is 75.7 Å². The first-order valence-corrected chi connectivity index (χ1v) is 10.7. The number of carbonyl (C=O) groups is 1. The molecule has 0 radical (unpaired) electrons. The van der Waals surface area contributed by atoms with Gasteiger partial charge in [0.05, 0.1) is 19.1 Å². The maximum atomic E-state index is 13.0. The van der Waals surface area contributed by atoms with Gasteiger partial charge in [0, 0.05) is 11.6 Å². The van der Waals surface area contributed by atoms with E-state index in [1.54, 1.807) is 31.2 Å². The zero-order chi connectivity index (χ0) is 20.9. The Bertz CT molecular complexity index is 935. The summed E-state index contributed by atoms with van der Waals surface area (Å²) in [5.41, 5.74) is 0.872. The predicted octanol–water partition coefficient (Wildman–Crippen LogP) is 3.35. The molecule has 1 N–H and O–H groups in total. The molecule has 9 heteroatoms. The number of amides is 1. The minimum Gasteiger partial charge on any atom is -0.495 e. The van der Waals surface area contributed by atoms with Crippen molar-refractivity contribution in [2.45, 2.75) is 25.9 Å². The molecule has 0 aliphatic carbocycles. The molecule has 1 unspecified atom stereocenters. The van der Waals surface area contributed by atoms with Crippen molar-refractivity contribution >= 4 is 33.2 Å². The molecule has 0 bridgehead atoms. The van der Waals surface area contributed by atoms with Crippen LogP contribution in [0.3, 0.4) is 0 Å². The minimum atomic E-state index is -3.83. The second kappa shape index (κ2) is 9.25. The Labute approximate surface area is 169 Å². The van der Waals surface area contributed by atoms with Crippen molar-refractivity contribution in [1.29, 1.82) is 0 Å². The first-order valence-electron chi connectivity index (χ1n) is 8.52. The van der Waals surface area contributed by atoms with Crippen LogP contribution in [0.5, 0.6) is 5.75 Å². The summed E-state index contributed by atoms with van der Waals surface area (Å²) in [6.45, 7) is 1.84. The van der Waals surface area contributed by atoms with E-state index in [0.717, 1.165) is 10.6 Å². The van der Waals surface area contributed by atoms with Crippen LogP contribution in [0.15, 0.2) is 42.5 Å². The summed E-state index contributed by atoms with van der Waals surface area (Å²) >= 11 is 6.04. The van der Waals surface area contributed by atoms with Crippen LogP contribution in [-0.4, -0.2) is 33.7 Å². The number of halogens is 2. The molecule has 152 valence electrons. The molecule has 0 fully saturated rings. The van der Waals surface area contributed by atoms with Gasteiger partial charge >= 0.3 is 0 Å². The highest BCUT2D eigenvalue weighted by Gasteiger charge is 2.33. The standard InChI is InChI=1S/C19H22ClFN2O4S/c1-4-16(19(24)22-12-13-5-8-15(21)9-6-13)23(28(3,25)26)17-11-14(20)7-10-18(17)27-2/h5-11,16H,4,12H2,1-3H3,(H,22,24). The number of nitrogens with zero attached hydrogens (tertiary/aromatic N) is 1. The van der Waals surface area contributed by atoms with Gasteiger partial charge in [-0.25, -0.2) is 12.8 Å². The summed E-state index contributed by atoms with van der Waals surface area (Å²) in [6.07, 6.45) is 1.24. The van der Waals surface area contributed by atoms with Crippen LogP contribution >= 0.6 is 11.6 Å². The number of nitrogens with one attached hydrogen (secondary N) is 1. The molecule has 2 rings (SSSR count). The van der Waals surface area contributed by atoms with Gasteiger partial charge in [0.2, 0.25) is 15.9 Å². The lowest BCUT2D eigenvalue weighted by molar-refractivity contribution is -0.122. The third kappa shape index (κ3) is 5.36. The van der Waals surface area contributed by atoms with E-state index in [-0.39, 0.29) is 30.2 Å². The monoisotopic (exact) mass is 428 g/mol. The summed E-state index contributed by atoms with van der Waals surface area (Å²) in [7, 11) is -2.42. The molecule has 0 saturated carbocycles. The van der Waals surface area contributed by atoms with Gasteiger partial charge in [0.15, 0.2) is 0 Å². The molecule has 0 saturated heterocycles. The van der Waals surface area contributed by atoms with E-state index in [9.17, 15) is 17.6 Å². The van der Waals surface area contributed by atoms with Gasteiger partial charge in [-0.15, -0.1) is 0 Å². The van der Waals surface area contributed by atoms with Crippen LogP contribution in [0.1, 0.15) is 18.9 Å². The second-order valence-corrected chi connectivity index (χ2v) is 8.44. The van der Waals surface area contributed by atoms with Crippen LogP contribution in [0.25, 0.3) is 0 Å². The van der Waals surface area contributed by atoms with Gasteiger partial charge in [0.1, 0.15) is 17.6 Å². The molecule has 2 aromatic carbocycles. The Balaban J connectivity index is 2.34. The van der Waals surface area contributed by atoms with Crippen molar-refractivity contribution in [3.63, 3.8) is 0 Å². The van der Waals surface area contributed by atoms with Crippen LogP contribution in [0.2, 0.25) is 5.02 Å². The van der Waals surface area contributed by atoms with Crippen molar-refractivity contribution in [2.24, 2.45) is 0 Å². The van der Waals surface area contributed by atoms with Gasteiger partial charge < -0.3 is 10.1 Å². The molecule has 6 nitrogen and oxygen atoms in total. The number of ether oxygens (including phenoxy) is 1. The summed E-state index contributed by atoms with van der Waals surface area (Å²) < 4.78 is 44.4. The fourth-order valence-electron chi connectivity index (χ4n) is 2.78.